The summed E-state index contributed by atoms with van der Waals surface area (Å²) in [5.41, 5.74) is 2.63. The lowest BCUT2D eigenvalue weighted by atomic mass is 10.1. The Hall–Kier alpha value is -2.73. The predicted molar refractivity (Wildman–Crippen MR) is 94.5 cm³/mol. The SMILES string of the molecule is CCc1ccc(N2CC(CNC(=O)c3ccncc3)OCC2=O)cc1. The molecule has 0 bridgehead atoms. The van der Waals surface area contributed by atoms with Gasteiger partial charge in [-0.25, -0.2) is 0 Å². The van der Waals surface area contributed by atoms with Gasteiger partial charge in [0.25, 0.3) is 11.8 Å². The van der Waals surface area contributed by atoms with Crippen molar-refractivity contribution in [2.45, 2.75) is 19.4 Å². The molecule has 1 fully saturated rings. The Morgan fingerprint density at radius 1 is 1.24 bits per heavy atom. The Balaban J connectivity index is 1.60. The number of benzene rings is 1. The van der Waals surface area contributed by atoms with Crippen LogP contribution in [0, 0.1) is 0 Å². The summed E-state index contributed by atoms with van der Waals surface area (Å²) in [6.45, 7) is 2.88. The van der Waals surface area contributed by atoms with Gasteiger partial charge in [-0.1, -0.05) is 19.1 Å². The molecule has 1 aliphatic rings. The molecular weight excluding hydrogens is 318 g/mol. The number of morpholine rings is 1. The zero-order chi connectivity index (χ0) is 17.6. The van der Waals surface area contributed by atoms with Gasteiger partial charge in [-0.05, 0) is 36.2 Å². The van der Waals surface area contributed by atoms with Gasteiger partial charge in [0.05, 0.1) is 12.6 Å². The van der Waals surface area contributed by atoms with Crippen LogP contribution in [0.2, 0.25) is 0 Å². The van der Waals surface area contributed by atoms with Crippen molar-refractivity contribution in [2.75, 3.05) is 24.6 Å². The fourth-order valence-corrected chi connectivity index (χ4v) is 2.72. The highest BCUT2D eigenvalue weighted by atomic mass is 16.5. The second-order valence-corrected chi connectivity index (χ2v) is 5.90. The molecule has 130 valence electrons. The van der Waals surface area contributed by atoms with Crippen LogP contribution in [0.5, 0.6) is 0 Å². The summed E-state index contributed by atoms with van der Waals surface area (Å²) in [4.78, 5) is 29.9. The third kappa shape index (κ3) is 4.22. The number of pyridine rings is 1. The molecule has 0 aliphatic carbocycles. The molecule has 2 amide bonds. The van der Waals surface area contributed by atoms with E-state index in [1.54, 1.807) is 29.4 Å². The first-order valence-electron chi connectivity index (χ1n) is 8.36. The summed E-state index contributed by atoms with van der Waals surface area (Å²) < 4.78 is 5.55. The second-order valence-electron chi connectivity index (χ2n) is 5.90. The van der Waals surface area contributed by atoms with Crippen molar-refractivity contribution in [1.29, 1.82) is 0 Å². The number of nitrogens with one attached hydrogen (secondary N) is 1. The molecule has 0 saturated carbocycles. The molecule has 25 heavy (non-hydrogen) atoms. The van der Waals surface area contributed by atoms with Gasteiger partial charge in [-0.3, -0.25) is 14.6 Å². The van der Waals surface area contributed by atoms with Crippen molar-refractivity contribution in [2.24, 2.45) is 0 Å². The molecular formula is C19H21N3O3. The van der Waals surface area contributed by atoms with Crippen molar-refractivity contribution in [1.82, 2.24) is 10.3 Å². The topological polar surface area (TPSA) is 71.5 Å². The van der Waals surface area contributed by atoms with E-state index in [0.29, 0.717) is 18.7 Å². The van der Waals surface area contributed by atoms with Crippen LogP contribution in [-0.2, 0) is 16.0 Å². The zero-order valence-corrected chi connectivity index (χ0v) is 14.1. The van der Waals surface area contributed by atoms with Crippen molar-refractivity contribution in [3.8, 4) is 0 Å². The molecule has 1 saturated heterocycles. The highest BCUT2D eigenvalue weighted by molar-refractivity contribution is 5.95. The molecule has 1 unspecified atom stereocenters. The minimum absolute atomic E-state index is 0.0192. The number of rotatable bonds is 5. The molecule has 6 heteroatoms. The Labute approximate surface area is 146 Å². The lowest BCUT2D eigenvalue weighted by molar-refractivity contribution is -0.129. The first-order valence-corrected chi connectivity index (χ1v) is 8.36. The van der Waals surface area contributed by atoms with Crippen LogP contribution in [0.1, 0.15) is 22.8 Å². The summed E-state index contributed by atoms with van der Waals surface area (Å²) in [6.07, 6.45) is 3.87. The summed E-state index contributed by atoms with van der Waals surface area (Å²) in [5, 5.41) is 2.84. The number of amides is 2. The zero-order valence-electron chi connectivity index (χ0n) is 14.1. The fourth-order valence-electron chi connectivity index (χ4n) is 2.72. The molecule has 2 aromatic rings. The van der Waals surface area contributed by atoms with Gasteiger partial charge in [0.15, 0.2) is 0 Å². The first kappa shape index (κ1) is 17.1. The van der Waals surface area contributed by atoms with Gasteiger partial charge in [0.1, 0.15) is 6.61 Å². The smallest absolute Gasteiger partial charge is 0.253 e. The van der Waals surface area contributed by atoms with Crippen LogP contribution in [0.25, 0.3) is 0 Å². The summed E-state index contributed by atoms with van der Waals surface area (Å²) in [6, 6.07) is 11.3. The van der Waals surface area contributed by atoms with Gasteiger partial charge < -0.3 is 15.0 Å². The summed E-state index contributed by atoms with van der Waals surface area (Å²) in [5.74, 6) is -0.247. The van der Waals surface area contributed by atoms with Crippen LogP contribution in [-0.4, -0.2) is 42.6 Å². The molecule has 6 nitrogen and oxygen atoms in total. The van der Waals surface area contributed by atoms with E-state index in [9.17, 15) is 9.59 Å². The van der Waals surface area contributed by atoms with Crippen molar-refractivity contribution in [3.05, 3.63) is 59.9 Å². The maximum atomic E-state index is 12.2. The lowest BCUT2D eigenvalue weighted by Crippen LogP contribution is -2.50. The number of aryl methyl sites for hydroxylation is 1. The third-order valence-electron chi connectivity index (χ3n) is 4.22. The number of nitrogens with zero attached hydrogens (tertiary/aromatic N) is 2. The number of aromatic nitrogens is 1. The van der Waals surface area contributed by atoms with Crippen molar-refractivity contribution >= 4 is 17.5 Å². The third-order valence-corrected chi connectivity index (χ3v) is 4.22. The number of anilines is 1. The van der Waals surface area contributed by atoms with Gasteiger partial charge in [0, 0.05) is 30.2 Å². The van der Waals surface area contributed by atoms with Crippen molar-refractivity contribution < 1.29 is 14.3 Å². The van der Waals surface area contributed by atoms with Crippen LogP contribution in [0.4, 0.5) is 5.69 Å². The molecule has 1 aromatic heterocycles. The fraction of sp³-hybridized carbons (Fsp3) is 0.316. The normalized spacial score (nSPS) is 17.4. The number of ether oxygens (including phenoxy) is 1. The number of carbonyl (C=O) groups is 2. The number of hydrogen-bond donors (Lipinski definition) is 1. The Bertz CT molecular complexity index is 731. The number of carbonyl (C=O) groups excluding carboxylic acids is 2. The van der Waals surface area contributed by atoms with Crippen molar-refractivity contribution in [3.63, 3.8) is 0 Å². The van der Waals surface area contributed by atoms with E-state index in [-0.39, 0.29) is 24.5 Å². The average molecular weight is 339 g/mol. The molecule has 1 aromatic carbocycles. The maximum absolute atomic E-state index is 12.2. The van der Waals surface area contributed by atoms with E-state index < -0.39 is 0 Å². The van der Waals surface area contributed by atoms with E-state index in [4.69, 9.17) is 4.74 Å². The standard InChI is InChI=1S/C19H21N3O3/c1-2-14-3-5-16(6-4-14)22-12-17(25-13-18(22)23)11-21-19(24)15-7-9-20-10-8-15/h3-10,17H,2,11-13H2,1H3,(H,21,24). The quantitative estimate of drug-likeness (QED) is 0.902. The molecule has 0 radical (unpaired) electrons. The highest BCUT2D eigenvalue weighted by Crippen LogP contribution is 2.19. The first-order chi connectivity index (χ1) is 12.2. The van der Waals surface area contributed by atoms with Crippen LogP contribution < -0.4 is 10.2 Å². The Morgan fingerprint density at radius 2 is 1.96 bits per heavy atom. The van der Waals surface area contributed by atoms with Gasteiger partial charge in [-0.15, -0.1) is 0 Å². The molecule has 0 spiro atoms. The monoisotopic (exact) mass is 339 g/mol. The largest absolute Gasteiger partial charge is 0.365 e. The molecule has 2 heterocycles. The van der Waals surface area contributed by atoms with Gasteiger partial charge in [-0.2, -0.15) is 0 Å². The molecule has 1 aliphatic heterocycles. The summed E-state index contributed by atoms with van der Waals surface area (Å²) in [7, 11) is 0. The number of hydrogen-bond acceptors (Lipinski definition) is 4. The molecule has 1 atom stereocenters. The van der Waals surface area contributed by atoms with Crippen LogP contribution >= 0.6 is 0 Å². The van der Waals surface area contributed by atoms with Crippen LogP contribution in [0.3, 0.4) is 0 Å². The van der Waals surface area contributed by atoms with E-state index >= 15 is 0 Å². The van der Waals surface area contributed by atoms with E-state index in [1.165, 1.54) is 5.56 Å². The molecule has 1 N–H and O–H groups in total. The summed E-state index contributed by atoms with van der Waals surface area (Å²) >= 11 is 0. The predicted octanol–water partition coefficient (Wildman–Crippen LogP) is 1.81. The minimum atomic E-state index is -0.241. The highest BCUT2D eigenvalue weighted by Gasteiger charge is 2.27. The lowest BCUT2D eigenvalue weighted by Gasteiger charge is -2.33. The average Bonchev–Trinajstić information content (AvgIpc) is 2.68. The minimum Gasteiger partial charge on any atom is -0.365 e. The van der Waals surface area contributed by atoms with E-state index in [0.717, 1.165) is 12.1 Å². The van der Waals surface area contributed by atoms with Crippen LogP contribution in [0.15, 0.2) is 48.8 Å². The maximum Gasteiger partial charge on any atom is 0.253 e. The van der Waals surface area contributed by atoms with E-state index in [2.05, 4.69) is 17.2 Å². The Kier molecular flexibility index (Phi) is 5.40. The molecule has 3 rings (SSSR count). The Morgan fingerprint density at radius 3 is 2.64 bits per heavy atom. The van der Waals surface area contributed by atoms with Gasteiger partial charge in [0.2, 0.25) is 0 Å². The van der Waals surface area contributed by atoms with Gasteiger partial charge >= 0.3 is 0 Å². The second kappa shape index (κ2) is 7.90. The van der Waals surface area contributed by atoms with E-state index in [1.807, 2.05) is 24.3 Å².